The quantitative estimate of drug-likeness (QED) is 0.0934. The zero-order valence-electron chi connectivity index (χ0n) is 35.7. The minimum Gasteiger partial charge on any atom is -0.460 e. The van der Waals surface area contributed by atoms with Crippen LogP contribution in [0, 0.1) is 23.7 Å². The molecule has 1 aliphatic rings. The number of primary amides is 2. The molecule has 61 heavy (non-hydrogen) atoms. The molecule has 0 aromatic heterocycles. The van der Waals surface area contributed by atoms with Crippen molar-refractivity contribution in [3.8, 4) is 0 Å². The lowest BCUT2D eigenvalue weighted by Crippen LogP contribution is -2.64. The predicted octanol–water partition coefficient (Wildman–Crippen LogP) is -3.96. The molecule has 1 rings (SSSR count). The van der Waals surface area contributed by atoms with Gasteiger partial charge in [-0.15, -0.1) is 0 Å². The van der Waals surface area contributed by atoms with Crippen LogP contribution in [0.25, 0.3) is 0 Å². The fourth-order valence-corrected chi connectivity index (χ4v) is 6.28. The van der Waals surface area contributed by atoms with Crippen LogP contribution in [-0.2, 0) is 52.6 Å². The van der Waals surface area contributed by atoms with Crippen LogP contribution in [0.4, 0.5) is 0 Å². The van der Waals surface area contributed by atoms with Crippen LogP contribution in [0.1, 0.15) is 67.2 Å². The Hall–Kier alpha value is -5.45. The van der Waals surface area contributed by atoms with Crippen LogP contribution in [0.15, 0.2) is 24.3 Å². The Bertz CT molecular complexity index is 1610. The summed E-state index contributed by atoms with van der Waals surface area (Å²) in [6, 6.07) is -7.11. The van der Waals surface area contributed by atoms with Crippen LogP contribution < -0.4 is 43.4 Å². The molecule has 13 N–H and O–H groups in total. The van der Waals surface area contributed by atoms with Gasteiger partial charge >= 0.3 is 5.97 Å². The number of nitrogens with two attached hydrogens (primary N) is 2. The molecule has 0 spiro atoms. The van der Waals surface area contributed by atoms with Gasteiger partial charge in [0.25, 0.3) is 0 Å². The van der Waals surface area contributed by atoms with E-state index in [-0.39, 0.29) is 12.5 Å². The number of ether oxygens (including phenoxy) is 2. The van der Waals surface area contributed by atoms with Crippen LogP contribution >= 0.6 is 0 Å². The summed E-state index contributed by atoms with van der Waals surface area (Å²) in [4.78, 5) is 116. The Morgan fingerprint density at radius 2 is 1.49 bits per heavy atom. The second-order valence-electron chi connectivity index (χ2n) is 15.2. The number of hydrogen-bond donors (Lipinski definition) is 11. The average Bonchev–Trinajstić information content (AvgIpc) is 3.20. The van der Waals surface area contributed by atoms with Crippen molar-refractivity contribution in [2.75, 3.05) is 26.8 Å². The number of carbonyl (C=O) groups is 9. The first-order valence-corrected chi connectivity index (χ1v) is 20.0. The van der Waals surface area contributed by atoms with Gasteiger partial charge in [-0.2, -0.15) is 0 Å². The molecule has 0 saturated heterocycles. The summed E-state index contributed by atoms with van der Waals surface area (Å²) < 4.78 is 11.8. The van der Waals surface area contributed by atoms with Gasteiger partial charge in [-0.1, -0.05) is 66.2 Å². The number of rotatable bonds is 10. The summed E-state index contributed by atoms with van der Waals surface area (Å²) in [5.74, 6) is -12.5. The van der Waals surface area contributed by atoms with Gasteiger partial charge in [-0.25, -0.2) is 4.79 Å². The number of hydrogen-bond acceptors (Lipinski definition) is 14. The number of nitrogens with one attached hydrogen (secondary N) is 6. The van der Waals surface area contributed by atoms with Gasteiger partial charge < -0.3 is 68.2 Å². The van der Waals surface area contributed by atoms with Gasteiger partial charge in [0, 0.05) is 25.6 Å². The Balaban J connectivity index is 3.69. The molecular formula is C39H64N8O14. The zero-order chi connectivity index (χ0) is 46.6. The van der Waals surface area contributed by atoms with Gasteiger partial charge in [-0.3, -0.25) is 38.4 Å². The van der Waals surface area contributed by atoms with Crippen LogP contribution in [0.5, 0.6) is 0 Å². The number of allylic oxidation sites excluding steroid dienone is 2. The van der Waals surface area contributed by atoms with Crippen molar-refractivity contribution in [1.29, 1.82) is 0 Å². The highest BCUT2D eigenvalue weighted by Crippen LogP contribution is 2.28. The molecule has 11 atom stereocenters. The first-order chi connectivity index (χ1) is 28.6. The second-order valence-corrected chi connectivity index (χ2v) is 15.2. The number of cyclic esters (lactones) is 1. The number of methoxy groups -OCH3 is 1. The Morgan fingerprint density at radius 3 is 2.05 bits per heavy atom. The molecule has 0 radical (unpaired) electrons. The highest BCUT2D eigenvalue weighted by molar-refractivity contribution is 5.99. The van der Waals surface area contributed by atoms with E-state index in [0.29, 0.717) is 12.8 Å². The number of β-amino-alcohol motifs (C(OH)–C–C–N with tert-alkyl or cyclic N) is 1. The van der Waals surface area contributed by atoms with E-state index in [4.69, 9.17) is 20.9 Å². The van der Waals surface area contributed by atoms with Crippen LogP contribution in [-0.4, -0.2) is 144 Å². The summed E-state index contributed by atoms with van der Waals surface area (Å²) in [5.41, 5.74) is 10.7. The number of carbonyl (C=O) groups excluding carboxylic acids is 9. The van der Waals surface area contributed by atoms with E-state index in [2.05, 4.69) is 31.9 Å². The zero-order valence-corrected chi connectivity index (χ0v) is 35.7. The maximum Gasteiger partial charge on any atom is 0.329 e. The van der Waals surface area contributed by atoms with E-state index < -0.39 is 139 Å². The normalized spacial score (nSPS) is 29.1. The minimum atomic E-state index is -2.40. The third kappa shape index (κ3) is 18.0. The highest BCUT2D eigenvalue weighted by atomic mass is 16.5. The summed E-state index contributed by atoms with van der Waals surface area (Å²) in [7, 11) is 1.48. The molecule has 344 valence electrons. The summed E-state index contributed by atoms with van der Waals surface area (Å²) in [6.07, 6.45) is 1.94. The van der Waals surface area contributed by atoms with Gasteiger partial charge in [0.15, 0.2) is 6.10 Å². The molecule has 0 saturated carbocycles. The largest absolute Gasteiger partial charge is 0.460 e. The molecule has 0 aliphatic carbocycles. The SMILES string of the molecule is CCC[C@H](C)[C@H]1OC(=O)[C@H](C(C)C)NC(=O)[C@H]([C@@H](O)C(N)=O)NC(=O)[C@H]([C@@H](C)C(N)=O)NC(=O)CNC(=O)[C@H](CO)NC(=O)C[C@H](O)CNC(=O)/C=C/C=C/C[C@@H](OC)[C@H]1C. The smallest absolute Gasteiger partial charge is 0.329 e. The van der Waals surface area contributed by atoms with E-state index in [0.717, 1.165) is 13.3 Å². The van der Waals surface area contributed by atoms with E-state index in [1.807, 2.05) is 20.8 Å². The lowest BCUT2D eigenvalue weighted by Gasteiger charge is -2.35. The molecule has 0 aromatic carbocycles. The maximum atomic E-state index is 13.9. The molecule has 8 amide bonds. The molecule has 22 nitrogen and oxygen atoms in total. The minimum absolute atomic E-state index is 0.208. The molecule has 0 bridgehead atoms. The highest BCUT2D eigenvalue weighted by Gasteiger charge is 2.41. The third-order valence-electron chi connectivity index (χ3n) is 9.97. The lowest BCUT2D eigenvalue weighted by molar-refractivity contribution is -0.163. The van der Waals surface area contributed by atoms with Crippen molar-refractivity contribution in [1.82, 2.24) is 31.9 Å². The third-order valence-corrected chi connectivity index (χ3v) is 9.97. The Kier molecular flexibility index (Phi) is 23.4. The molecule has 22 heteroatoms. The fraction of sp³-hybridized carbons (Fsp3) is 0.667. The monoisotopic (exact) mass is 868 g/mol. The number of amides is 8. The van der Waals surface area contributed by atoms with E-state index in [1.54, 1.807) is 26.0 Å². The van der Waals surface area contributed by atoms with Crippen molar-refractivity contribution >= 4 is 53.2 Å². The van der Waals surface area contributed by atoms with Gasteiger partial charge in [0.1, 0.15) is 30.3 Å². The van der Waals surface area contributed by atoms with Crippen molar-refractivity contribution < 1.29 is 67.9 Å². The molecule has 1 heterocycles. The van der Waals surface area contributed by atoms with Crippen molar-refractivity contribution in [3.63, 3.8) is 0 Å². The van der Waals surface area contributed by atoms with Gasteiger partial charge in [0.2, 0.25) is 47.3 Å². The summed E-state index contributed by atoms with van der Waals surface area (Å²) >= 11 is 0. The van der Waals surface area contributed by atoms with Gasteiger partial charge in [-0.05, 0) is 24.7 Å². The van der Waals surface area contributed by atoms with E-state index >= 15 is 0 Å². The maximum absolute atomic E-state index is 13.9. The number of esters is 1. The van der Waals surface area contributed by atoms with Crippen LogP contribution in [0.2, 0.25) is 0 Å². The van der Waals surface area contributed by atoms with E-state index in [1.165, 1.54) is 19.3 Å². The molecular weight excluding hydrogens is 804 g/mol. The lowest BCUT2D eigenvalue weighted by atomic mass is 9.85. The molecule has 0 unspecified atom stereocenters. The Morgan fingerprint density at radius 1 is 0.869 bits per heavy atom. The molecule has 0 aromatic rings. The van der Waals surface area contributed by atoms with Gasteiger partial charge in [0.05, 0.1) is 37.7 Å². The second kappa shape index (κ2) is 26.7. The van der Waals surface area contributed by atoms with Crippen molar-refractivity contribution in [2.45, 2.75) is 116 Å². The van der Waals surface area contributed by atoms with Crippen LogP contribution in [0.3, 0.4) is 0 Å². The fourth-order valence-electron chi connectivity index (χ4n) is 6.28. The van der Waals surface area contributed by atoms with Crippen molar-refractivity contribution in [3.05, 3.63) is 24.3 Å². The summed E-state index contributed by atoms with van der Waals surface area (Å²) in [6.45, 7) is 7.77. The first kappa shape index (κ1) is 53.6. The van der Waals surface area contributed by atoms with E-state index in [9.17, 15) is 58.5 Å². The average molecular weight is 869 g/mol. The van der Waals surface area contributed by atoms with Crippen molar-refractivity contribution in [2.24, 2.45) is 35.1 Å². The summed E-state index contributed by atoms with van der Waals surface area (Å²) in [5, 5.41) is 44.1. The Labute approximate surface area is 354 Å². The molecule has 1 aliphatic heterocycles. The predicted molar refractivity (Wildman–Crippen MR) is 217 cm³/mol. The first-order valence-electron chi connectivity index (χ1n) is 20.0. The topological polar surface area (TPSA) is 357 Å². The molecule has 0 fully saturated rings. The number of aliphatic hydroxyl groups is 3. The standard InChI is InChI=1S/C39H64N8O14/c1-8-12-20(4)33-21(5)25(60-7)13-10-9-11-14-26(50)42-16-23(49)15-27(51)44-24(18-48)36(56)43-17-28(52)45-30(22(6)34(40)54)37(57)47-31(32(53)35(41)55)38(58)46-29(19(2)3)39(59)61-33/h9-11,14,19-25,29-33,48-49,53H,8,12-13,15-18H2,1-7H3,(H2,40,54)(H2,41,55)(H,42,50)(H,43,56)(H,44,51)(H,45,52)(H,46,58)(H,47,57)/b10-9+,14-11+/t20-,21+,22+,23-,24-,25+,29-,30-,31-,32+,33+/m0/s1. The number of aliphatic hydroxyl groups excluding tert-OH is 3.